The second-order valence-electron chi connectivity index (χ2n) is 4.11. The van der Waals surface area contributed by atoms with E-state index in [2.05, 4.69) is 4.98 Å². The van der Waals surface area contributed by atoms with Gasteiger partial charge in [-0.25, -0.2) is 4.79 Å². The first-order chi connectivity index (χ1) is 6.44. The van der Waals surface area contributed by atoms with E-state index in [4.69, 9.17) is 5.73 Å². The summed E-state index contributed by atoms with van der Waals surface area (Å²) in [6.07, 6.45) is 1.48. The highest BCUT2D eigenvalue weighted by Crippen LogP contribution is 2.18. The minimum atomic E-state index is -0.390. The molecule has 0 saturated heterocycles. The molecule has 6 heteroatoms. The first kappa shape index (κ1) is 10.8. The highest BCUT2D eigenvalue weighted by atomic mass is 16.2. The van der Waals surface area contributed by atoms with Gasteiger partial charge in [0.15, 0.2) is 0 Å². The maximum atomic E-state index is 11.3. The number of rotatable bonds is 3. The van der Waals surface area contributed by atoms with Crippen molar-refractivity contribution < 1.29 is 0 Å². The normalized spacial score (nSPS) is 11.4. The molecule has 0 amide bonds. The summed E-state index contributed by atoms with van der Waals surface area (Å²) in [5.74, 6) is 0. The summed E-state index contributed by atoms with van der Waals surface area (Å²) in [4.78, 5) is 24.3. The Kier molecular flexibility index (Phi) is 2.95. The van der Waals surface area contributed by atoms with Gasteiger partial charge in [-0.2, -0.15) is 0 Å². The Hall–Kier alpha value is -1.30. The predicted molar refractivity (Wildman–Crippen MR) is 57.0 cm³/mol. The van der Waals surface area contributed by atoms with Crippen molar-refractivity contribution in [2.24, 2.45) is 5.73 Å². The number of H-pyrrole nitrogens is 1. The number of aromatic nitrogens is 2. The molecule has 14 heavy (non-hydrogen) atoms. The molecule has 0 radical (unpaired) electrons. The van der Waals surface area contributed by atoms with Gasteiger partial charge in [-0.1, -0.05) is 13.8 Å². The lowest BCUT2D eigenvalue weighted by Gasteiger charge is -2.20. The van der Waals surface area contributed by atoms with Gasteiger partial charge in [-0.15, -0.1) is 0 Å². The van der Waals surface area contributed by atoms with E-state index in [1.807, 2.05) is 13.8 Å². The minimum absolute atomic E-state index is 0.151. The van der Waals surface area contributed by atoms with Crippen LogP contribution in [-0.2, 0) is 0 Å². The van der Waals surface area contributed by atoms with E-state index in [9.17, 15) is 9.59 Å². The van der Waals surface area contributed by atoms with Crippen molar-refractivity contribution in [3.05, 3.63) is 33.1 Å². The van der Waals surface area contributed by atoms with E-state index in [1.165, 1.54) is 16.7 Å². The fraction of sp³-hybridized carbons (Fsp3) is 0.500. The summed E-state index contributed by atoms with van der Waals surface area (Å²) in [5.41, 5.74) is 4.78. The summed E-state index contributed by atoms with van der Waals surface area (Å²) >= 11 is 0. The number of hydrogen-bond donors (Lipinski definition) is 2. The largest absolute Gasteiger partial charge is 0.349 e. The van der Waals surface area contributed by atoms with Crippen molar-refractivity contribution in [2.75, 3.05) is 6.54 Å². The fourth-order valence-electron chi connectivity index (χ4n) is 1.09. The second-order valence-corrected chi connectivity index (χ2v) is 4.11. The molecule has 0 bridgehead atoms. The maximum absolute atomic E-state index is 11.3. The van der Waals surface area contributed by atoms with Crippen LogP contribution in [0.5, 0.6) is 0 Å². The maximum Gasteiger partial charge on any atom is 0.315 e. The molecule has 0 saturated carbocycles. The Morgan fingerprint density at radius 1 is 1.57 bits per heavy atom. The van der Waals surface area contributed by atoms with Crippen molar-refractivity contribution >= 4 is 7.41 Å². The summed E-state index contributed by atoms with van der Waals surface area (Å²) in [5, 5.41) is -0.151. The Labute approximate surface area is 82.2 Å². The highest BCUT2D eigenvalue weighted by Gasteiger charge is 2.19. The van der Waals surface area contributed by atoms with Gasteiger partial charge in [0, 0.05) is 12.3 Å². The first-order valence-electron chi connectivity index (χ1n) is 4.44. The molecular formula is C8H14BN3O2. The van der Waals surface area contributed by atoms with Crippen LogP contribution in [0, 0.1) is 0 Å². The molecule has 5 nitrogen and oxygen atoms in total. The third kappa shape index (κ3) is 2.60. The summed E-state index contributed by atoms with van der Waals surface area (Å²) < 4.78 is 1.45. The van der Waals surface area contributed by atoms with Crippen molar-refractivity contribution in [2.45, 2.75) is 19.2 Å². The van der Waals surface area contributed by atoms with Gasteiger partial charge in [0.25, 0.3) is 13.0 Å². The number of hydrogen-bond acceptors (Lipinski definition) is 3. The molecule has 0 aromatic carbocycles. The van der Waals surface area contributed by atoms with E-state index in [1.54, 1.807) is 0 Å². The van der Waals surface area contributed by atoms with Gasteiger partial charge in [0.05, 0.1) is 0 Å². The summed E-state index contributed by atoms with van der Waals surface area (Å²) in [6, 6.07) is 1.33. The van der Waals surface area contributed by atoms with E-state index in [0.29, 0.717) is 14.0 Å². The smallest absolute Gasteiger partial charge is 0.315 e. The van der Waals surface area contributed by atoms with Crippen molar-refractivity contribution in [3.63, 3.8) is 0 Å². The molecule has 0 fully saturated rings. The Morgan fingerprint density at radius 2 is 2.21 bits per heavy atom. The SMILES string of the molecule is CC(C)(Bn1ccc(=O)[nH]c1=O)CN. The van der Waals surface area contributed by atoms with Gasteiger partial charge < -0.3 is 10.2 Å². The van der Waals surface area contributed by atoms with Crippen molar-refractivity contribution in [1.82, 2.24) is 9.46 Å². The molecule has 1 aromatic heterocycles. The topological polar surface area (TPSA) is 80.9 Å². The summed E-state index contributed by atoms with van der Waals surface area (Å²) in [7, 11) is 0.499. The van der Waals surface area contributed by atoms with Crippen LogP contribution >= 0.6 is 0 Å². The van der Waals surface area contributed by atoms with Crippen molar-refractivity contribution in [3.8, 4) is 0 Å². The molecule has 0 unspecified atom stereocenters. The number of nitrogens with zero attached hydrogens (tertiary/aromatic N) is 1. The second kappa shape index (κ2) is 3.83. The van der Waals surface area contributed by atoms with Crippen LogP contribution in [0.1, 0.15) is 13.8 Å². The minimum Gasteiger partial charge on any atom is -0.349 e. The zero-order valence-corrected chi connectivity index (χ0v) is 8.41. The zero-order chi connectivity index (χ0) is 10.8. The van der Waals surface area contributed by atoms with Gasteiger partial charge in [0.1, 0.15) is 0 Å². The standard InChI is InChI=1S/C8H14BN3O2/c1-8(2,5-10)9-12-4-3-6(13)11-7(12)14/h3-4,9H,5,10H2,1-2H3,(H,11,13,14). The average Bonchev–Trinajstić information content (AvgIpc) is 2.10. The molecule has 0 aliphatic carbocycles. The molecule has 0 spiro atoms. The van der Waals surface area contributed by atoms with Crippen LogP contribution in [0.4, 0.5) is 0 Å². The Balaban J connectivity index is 2.99. The van der Waals surface area contributed by atoms with Gasteiger partial charge in [-0.05, 0) is 11.9 Å². The van der Waals surface area contributed by atoms with Crippen molar-refractivity contribution in [1.29, 1.82) is 0 Å². The lowest BCUT2D eigenvalue weighted by atomic mass is 9.63. The van der Waals surface area contributed by atoms with Crippen LogP contribution in [0.15, 0.2) is 21.9 Å². The Morgan fingerprint density at radius 3 is 2.71 bits per heavy atom. The van der Waals surface area contributed by atoms with E-state index >= 15 is 0 Å². The predicted octanol–water partition coefficient (Wildman–Crippen LogP) is -1.11. The lowest BCUT2D eigenvalue weighted by Crippen LogP contribution is -2.37. The molecule has 3 N–H and O–H groups in total. The molecule has 0 aliphatic heterocycles. The van der Waals surface area contributed by atoms with Crippen LogP contribution in [0.3, 0.4) is 0 Å². The van der Waals surface area contributed by atoms with Gasteiger partial charge in [-0.3, -0.25) is 9.78 Å². The van der Waals surface area contributed by atoms with Gasteiger partial charge >= 0.3 is 5.69 Å². The molecule has 76 valence electrons. The van der Waals surface area contributed by atoms with E-state index in [0.717, 1.165) is 0 Å². The van der Waals surface area contributed by atoms with Crippen LogP contribution < -0.4 is 17.0 Å². The monoisotopic (exact) mass is 195 g/mol. The molecule has 1 rings (SSSR count). The third-order valence-electron chi connectivity index (χ3n) is 2.05. The fourth-order valence-corrected chi connectivity index (χ4v) is 1.09. The highest BCUT2D eigenvalue weighted by molar-refractivity contribution is 6.37. The number of aromatic amines is 1. The Bertz CT molecular complexity index is 421. The molecule has 1 aromatic rings. The molecule has 0 atom stereocenters. The molecular weight excluding hydrogens is 181 g/mol. The first-order valence-corrected chi connectivity index (χ1v) is 4.44. The zero-order valence-electron chi connectivity index (χ0n) is 8.41. The van der Waals surface area contributed by atoms with E-state index in [-0.39, 0.29) is 16.6 Å². The third-order valence-corrected chi connectivity index (χ3v) is 2.05. The number of nitrogens with one attached hydrogen (secondary N) is 1. The van der Waals surface area contributed by atoms with Crippen LogP contribution in [0.2, 0.25) is 5.31 Å². The van der Waals surface area contributed by atoms with Crippen LogP contribution in [-0.4, -0.2) is 23.4 Å². The molecule has 1 heterocycles. The average molecular weight is 195 g/mol. The number of nitrogens with two attached hydrogens (primary N) is 1. The summed E-state index contributed by atoms with van der Waals surface area (Å²) in [6.45, 7) is 4.41. The lowest BCUT2D eigenvalue weighted by molar-refractivity contribution is 0.666. The molecule has 0 aliphatic rings. The van der Waals surface area contributed by atoms with Gasteiger partial charge in [0.2, 0.25) is 0 Å². The van der Waals surface area contributed by atoms with E-state index < -0.39 is 0 Å². The quantitative estimate of drug-likeness (QED) is 0.600. The van der Waals surface area contributed by atoms with Crippen LogP contribution in [0.25, 0.3) is 0 Å².